The van der Waals surface area contributed by atoms with Gasteiger partial charge in [-0.25, -0.2) is 17.6 Å². The molecule has 2 aromatic rings. The van der Waals surface area contributed by atoms with Gasteiger partial charge in [0.1, 0.15) is 5.82 Å². The number of esters is 1. The van der Waals surface area contributed by atoms with Crippen molar-refractivity contribution in [1.29, 1.82) is 0 Å². The first-order valence-electron chi connectivity index (χ1n) is 7.94. The van der Waals surface area contributed by atoms with Crippen LogP contribution in [-0.4, -0.2) is 45.6 Å². The standard InChI is InChI=1S/C18H17FN2O6S/c1-28(25,26)15-8-2-12(3-9-15)18(24)27-11-17(23)20-10-16(22)21-14-6-4-13(19)5-7-14/h2-9H,10-11H2,1H3,(H,20,23)(H,21,22). The largest absolute Gasteiger partial charge is 0.452 e. The van der Waals surface area contributed by atoms with E-state index < -0.39 is 40.0 Å². The summed E-state index contributed by atoms with van der Waals surface area (Å²) in [5.74, 6) is -2.50. The molecule has 0 bridgehead atoms. The fraction of sp³-hybridized carbons (Fsp3) is 0.167. The van der Waals surface area contributed by atoms with Crippen molar-refractivity contribution in [1.82, 2.24) is 5.32 Å². The van der Waals surface area contributed by atoms with Gasteiger partial charge in [0.2, 0.25) is 5.91 Å². The lowest BCUT2D eigenvalue weighted by Gasteiger charge is -2.08. The molecule has 0 spiro atoms. The molecule has 0 fully saturated rings. The number of anilines is 1. The van der Waals surface area contributed by atoms with Crippen LogP contribution in [0.15, 0.2) is 53.4 Å². The minimum Gasteiger partial charge on any atom is -0.452 e. The molecule has 0 radical (unpaired) electrons. The summed E-state index contributed by atoms with van der Waals surface area (Å²) in [6.07, 6.45) is 1.04. The summed E-state index contributed by atoms with van der Waals surface area (Å²) in [7, 11) is -3.38. The summed E-state index contributed by atoms with van der Waals surface area (Å²) in [5.41, 5.74) is 0.443. The average molecular weight is 408 g/mol. The number of hydrogen-bond acceptors (Lipinski definition) is 6. The van der Waals surface area contributed by atoms with Crippen LogP contribution in [0.3, 0.4) is 0 Å². The zero-order valence-electron chi connectivity index (χ0n) is 14.8. The number of rotatable bonds is 7. The molecule has 28 heavy (non-hydrogen) atoms. The Morgan fingerprint density at radius 1 is 0.964 bits per heavy atom. The first-order chi connectivity index (χ1) is 13.1. The quantitative estimate of drug-likeness (QED) is 0.664. The Hall–Kier alpha value is -3.27. The van der Waals surface area contributed by atoms with Gasteiger partial charge in [-0.15, -0.1) is 0 Å². The third-order valence-corrected chi connectivity index (χ3v) is 4.56. The molecule has 0 saturated heterocycles. The number of hydrogen-bond donors (Lipinski definition) is 2. The van der Waals surface area contributed by atoms with Crippen LogP contribution < -0.4 is 10.6 Å². The average Bonchev–Trinajstić information content (AvgIpc) is 2.65. The minimum atomic E-state index is -3.38. The van der Waals surface area contributed by atoms with Crippen molar-refractivity contribution in [3.05, 3.63) is 59.9 Å². The first-order valence-corrected chi connectivity index (χ1v) is 9.83. The maximum Gasteiger partial charge on any atom is 0.338 e. The van der Waals surface area contributed by atoms with Crippen molar-refractivity contribution >= 4 is 33.3 Å². The number of benzene rings is 2. The van der Waals surface area contributed by atoms with Crippen molar-refractivity contribution in [3.8, 4) is 0 Å². The van der Waals surface area contributed by atoms with Gasteiger partial charge in [0.05, 0.1) is 17.0 Å². The van der Waals surface area contributed by atoms with Crippen molar-refractivity contribution in [2.75, 3.05) is 24.7 Å². The van der Waals surface area contributed by atoms with E-state index in [2.05, 4.69) is 10.6 Å². The van der Waals surface area contributed by atoms with Gasteiger partial charge in [0.15, 0.2) is 16.4 Å². The SMILES string of the molecule is CS(=O)(=O)c1ccc(C(=O)OCC(=O)NCC(=O)Nc2ccc(F)cc2)cc1. The molecule has 8 nitrogen and oxygen atoms in total. The Balaban J connectivity index is 1.76. The van der Waals surface area contributed by atoms with Gasteiger partial charge in [-0.3, -0.25) is 9.59 Å². The van der Waals surface area contributed by atoms with Crippen molar-refractivity contribution in [3.63, 3.8) is 0 Å². The number of sulfone groups is 1. The zero-order chi connectivity index (χ0) is 20.7. The predicted octanol–water partition coefficient (Wildman–Crippen LogP) is 1.14. The molecule has 0 atom stereocenters. The number of amides is 2. The molecule has 0 heterocycles. The molecule has 2 aromatic carbocycles. The summed E-state index contributed by atoms with van der Waals surface area (Å²) in [4.78, 5) is 35.3. The maximum atomic E-state index is 12.8. The second-order valence-electron chi connectivity index (χ2n) is 5.70. The van der Waals surface area contributed by atoms with Gasteiger partial charge >= 0.3 is 5.97 Å². The Kier molecular flexibility index (Phi) is 6.83. The smallest absolute Gasteiger partial charge is 0.338 e. The van der Waals surface area contributed by atoms with Crippen molar-refractivity contribution in [2.45, 2.75) is 4.90 Å². The second-order valence-corrected chi connectivity index (χ2v) is 7.72. The maximum absolute atomic E-state index is 12.8. The van der Waals surface area contributed by atoms with Crippen LogP contribution >= 0.6 is 0 Å². The van der Waals surface area contributed by atoms with Crippen LogP contribution in [0.5, 0.6) is 0 Å². The summed E-state index contributed by atoms with van der Waals surface area (Å²) in [6, 6.07) is 10.1. The lowest BCUT2D eigenvalue weighted by molar-refractivity contribution is -0.126. The highest BCUT2D eigenvalue weighted by Crippen LogP contribution is 2.11. The van der Waals surface area contributed by atoms with E-state index in [4.69, 9.17) is 4.74 Å². The third-order valence-electron chi connectivity index (χ3n) is 3.43. The Morgan fingerprint density at radius 3 is 2.14 bits per heavy atom. The van der Waals surface area contributed by atoms with E-state index in [1.807, 2.05) is 0 Å². The number of nitrogens with one attached hydrogen (secondary N) is 2. The minimum absolute atomic E-state index is 0.0500. The molecule has 0 aliphatic heterocycles. The molecule has 0 saturated carbocycles. The molecule has 0 aromatic heterocycles. The number of carbonyl (C=O) groups is 3. The molecule has 2 N–H and O–H groups in total. The Bertz CT molecular complexity index is 972. The summed E-state index contributed by atoms with van der Waals surface area (Å²) in [6.45, 7) is -0.979. The molecule has 0 unspecified atom stereocenters. The van der Waals surface area contributed by atoms with Crippen LogP contribution in [0.2, 0.25) is 0 Å². The molecular weight excluding hydrogens is 391 g/mol. The van der Waals surface area contributed by atoms with E-state index in [-0.39, 0.29) is 17.0 Å². The zero-order valence-corrected chi connectivity index (χ0v) is 15.6. The van der Waals surface area contributed by atoms with Crippen molar-refractivity contribution < 1.29 is 31.9 Å². The molecule has 10 heteroatoms. The molecular formula is C18H17FN2O6S. The van der Waals surface area contributed by atoms with Gasteiger partial charge in [0, 0.05) is 11.9 Å². The predicted molar refractivity (Wildman–Crippen MR) is 97.9 cm³/mol. The van der Waals surface area contributed by atoms with Crippen LogP contribution in [0.25, 0.3) is 0 Å². The monoisotopic (exact) mass is 408 g/mol. The lowest BCUT2D eigenvalue weighted by atomic mass is 10.2. The second kappa shape index (κ2) is 9.09. The fourth-order valence-corrected chi connectivity index (χ4v) is 2.65. The van der Waals surface area contributed by atoms with Gasteiger partial charge in [0.25, 0.3) is 5.91 Å². The number of carbonyl (C=O) groups excluding carboxylic acids is 3. The molecule has 2 amide bonds. The van der Waals surface area contributed by atoms with Crippen LogP contribution in [0.1, 0.15) is 10.4 Å². The van der Waals surface area contributed by atoms with Gasteiger partial charge in [-0.05, 0) is 48.5 Å². The highest BCUT2D eigenvalue weighted by molar-refractivity contribution is 7.90. The van der Waals surface area contributed by atoms with E-state index in [0.29, 0.717) is 5.69 Å². The van der Waals surface area contributed by atoms with Crippen LogP contribution in [-0.2, 0) is 24.2 Å². The van der Waals surface area contributed by atoms with Crippen molar-refractivity contribution in [2.24, 2.45) is 0 Å². The number of ether oxygens (including phenoxy) is 1. The van der Waals surface area contributed by atoms with E-state index in [1.165, 1.54) is 48.5 Å². The van der Waals surface area contributed by atoms with E-state index in [1.54, 1.807) is 0 Å². The van der Waals surface area contributed by atoms with E-state index in [9.17, 15) is 27.2 Å². The summed E-state index contributed by atoms with van der Waals surface area (Å²) >= 11 is 0. The molecule has 0 aliphatic carbocycles. The highest BCUT2D eigenvalue weighted by atomic mass is 32.2. The highest BCUT2D eigenvalue weighted by Gasteiger charge is 2.13. The Morgan fingerprint density at radius 2 is 1.57 bits per heavy atom. The Labute approximate surface area is 160 Å². The molecule has 0 aliphatic rings. The topological polar surface area (TPSA) is 119 Å². The summed E-state index contributed by atoms with van der Waals surface area (Å²) < 4.78 is 40.3. The fourth-order valence-electron chi connectivity index (χ4n) is 2.02. The third kappa shape index (κ3) is 6.47. The molecule has 2 rings (SSSR count). The van der Waals surface area contributed by atoms with Crippen LogP contribution in [0, 0.1) is 5.82 Å². The lowest BCUT2D eigenvalue weighted by Crippen LogP contribution is -2.35. The van der Waals surface area contributed by atoms with E-state index in [0.717, 1.165) is 6.26 Å². The number of halogens is 1. The van der Waals surface area contributed by atoms with E-state index >= 15 is 0 Å². The van der Waals surface area contributed by atoms with Gasteiger partial charge in [-0.1, -0.05) is 0 Å². The van der Waals surface area contributed by atoms with Gasteiger partial charge in [-0.2, -0.15) is 0 Å². The molecule has 148 valence electrons. The van der Waals surface area contributed by atoms with Gasteiger partial charge < -0.3 is 15.4 Å². The first kappa shape index (κ1) is 21.0. The summed E-state index contributed by atoms with van der Waals surface area (Å²) in [5, 5.41) is 4.72. The normalized spacial score (nSPS) is 10.8. The van der Waals surface area contributed by atoms with Crippen LogP contribution in [0.4, 0.5) is 10.1 Å².